The van der Waals surface area contributed by atoms with E-state index in [1.807, 2.05) is 91.0 Å². The lowest BCUT2D eigenvalue weighted by molar-refractivity contribution is 0.415. The molecule has 5 aromatic rings. The average molecular weight is 530 g/mol. The van der Waals surface area contributed by atoms with Gasteiger partial charge in [-0.15, -0.1) is 0 Å². The predicted octanol–water partition coefficient (Wildman–Crippen LogP) is 6.32. The van der Waals surface area contributed by atoms with E-state index in [1.54, 1.807) is 11.7 Å². The van der Waals surface area contributed by atoms with Gasteiger partial charge in [-0.3, -0.25) is 9.36 Å². The van der Waals surface area contributed by atoms with E-state index in [1.165, 1.54) is 0 Å². The molecule has 0 saturated heterocycles. The Labute approximate surface area is 199 Å². The van der Waals surface area contributed by atoms with E-state index in [4.69, 9.17) is 9.72 Å². The maximum Gasteiger partial charge on any atom is 0.266 e. The third-order valence-electron chi connectivity index (χ3n) is 5.39. The second kappa shape index (κ2) is 8.59. The van der Waals surface area contributed by atoms with Gasteiger partial charge in [0.15, 0.2) is 0 Å². The van der Waals surface area contributed by atoms with Crippen molar-refractivity contribution in [3.63, 3.8) is 0 Å². The second-order valence-electron chi connectivity index (χ2n) is 7.41. The molecular formula is C27H19IN2O2. The van der Waals surface area contributed by atoms with Crippen molar-refractivity contribution in [3.8, 4) is 11.4 Å². The van der Waals surface area contributed by atoms with Crippen LogP contribution in [0, 0.1) is 3.57 Å². The average Bonchev–Trinajstić information content (AvgIpc) is 2.83. The first kappa shape index (κ1) is 20.5. The fraction of sp³-hybridized carbons (Fsp3) is 0.0370. The summed E-state index contributed by atoms with van der Waals surface area (Å²) in [4.78, 5) is 18.4. The summed E-state index contributed by atoms with van der Waals surface area (Å²) in [6.07, 6.45) is 3.84. The number of methoxy groups -OCH3 is 1. The van der Waals surface area contributed by atoms with Gasteiger partial charge in [0.2, 0.25) is 0 Å². The van der Waals surface area contributed by atoms with Gasteiger partial charge in [-0.25, -0.2) is 4.98 Å². The molecule has 5 rings (SSSR count). The first-order valence-electron chi connectivity index (χ1n) is 10.2. The first-order chi connectivity index (χ1) is 15.6. The van der Waals surface area contributed by atoms with E-state index in [0.29, 0.717) is 16.7 Å². The van der Waals surface area contributed by atoms with Crippen molar-refractivity contribution in [2.75, 3.05) is 7.11 Å². The van der Waals surface area contributed by atoms with Crippen molar-refractivity contribution >= 4 is 56.4 Å². The zero-order valence-electron chi connectivity index (χ0n) is 17.3. The summed E-state index contributed by atoms with van der Waals surface area (Å²) in [5.74, 6) is 1.38. The summed E-state index contributed by atoms with van der Waals surface area (Å²) in [5.41, 5.74) is 2.38. The van der Waals surface area contributed by atoms with Crippen LogP contribution in [0.2, 0.25) is 0 Å². The standard InChI is InChI=1S/C27H19IN2O2/c1-32-23-12-6-18(7-13-23)8-15-26-29-25-14-10-21(28)17-24(25)27(31)30(26)22-11-9-19-4-2-3-5-20(19)16-22/h2-17H,1H3/b15-8+. The van der Waals surface area contributed by atoms with Gasteiger partial charge in [-0.1, -0.05) is 48.5 Å². The van der Waals surface area contributed by atoms with Crippen LogP contribution in [0.1, 0.15) is 11.4 Å². The molecule has 0 spiro atoms. The SMILES string of the molecule is COc1ccc(/C=C/c2nc3ccc(I)cc3c(=O)n2-c2ccc3ccccc3c2)cc1. The fourth-order valence-corrected chi connectivity index (χ4v) is 4.23. The van der Waals surface area contributed by atoms with Crippen LogP contribution in [0.3, 0.4) is 0 Å². The van der Waals surface area contributed by atoms with Crippen LogP contribution in [-0.2, 0) is 0 Å². The highest BCUT2D eigenvalue weighted by atomic mass is 127. The van der Waals surface area contributed by atoms with Crippen LogP contribution in [0.15, 0.2) is 89.7 Å². The summed E-state index contributed by atoms with van der Waals surface area (Å²) in [5, 5.41) is 2.80. The quantitative estimate of drug-likeness (QED) is 0.256. The zero-order valence-corrected chi connectivity index (χ0v) is 19.5. The number of rotatable bonds is 4. The van der Waals surface area contributed by atoms with Crippen molar-refractivity contribution in [2.45, 2.75) is 0 Å². The summed E-state index contributed by atoms with van der Waals surface area (Å²) in [7, 11) is 1.65. The molecule has 0 aliphatic rings. The number of benzene rings is 4. The van der Waals surface area contributed by atoms with E-state index in [9.17, 15) is 4.79 Å². The van der Waals surface area contributed by atoms with Gasteiger partial charge in [0.05, 0.1) is 23.7 Å². The lowest BCUT2D eigenvalue weighted by Gasteiger charge is -2.12. The number of ether oxygens (including phenoxy) is 1. The summed E-state index contributed by atoms with van der Waals surface area (Å²) < 4.78 is 7.92. The highest BCUT2D eigenvalue weighted by Crippen LogP contribution is 2.22. The van der Waals surface area contributed by atoms with Crippen LogP contribution < -0.4 is 10.3 Å². The van der Waals surface area contributed by atoms with E-state index in [2.05, 4.69) is 28.7 Å². The zero-order chi connectivity index (χ0) is 22.1. The Kier molecular flexibility index (Phi) is 5.49. The van der Waals surface area contributed by atoms with Gasteiger partial charge in [-0.05, 0) is 87.5 Å². The van der Waals surface area contributed by atoms with Crippen molar-refractivity contribution < 1.29 is 4.74 Å². The van der Waals surface area contributed by atoms with Gasteiger partial charge in [0.25, 0.3) is 5.56 Å². The highest BCUT2D eigenvalue weighted by molar-refractivity contribution is 14.1. The third kappa shape index (κ3) is 3.91. The monoisotopic (exact) mass is 530 g/mol. The number of hydrogen-bond acceptors (Lipinski definition) is 3. The molecule has 1 heterocycles. The number of aromatic nitrogens is 2. The minimum atomic E-state index is -0.0850. The van der Waals surface area contributed by atoms with E-state index in [0.717, 1.165) is 31.3 Å². The van der Waals surface area contributed by atoms with Crippen LogP contribution >= 0.6 is 22.6 Å². The molecule has 0 aliphatic carbocycles. The molecule has 4 aromatic carbocycles. The Balaban J connectivity index is 1.71. The predicted molar refractivity (Wildman–Crippen MR) is 139 cm³/mol. The van der Waals surface area contributed by atoms with Crippen molar-refractivity contribution in [2.24, 2.45) is 0 Å². The van der Waals surface area contributed by atoms with Gasteiger partial charge >= 0.3 is 0 Å². The molecule has 0 aliphatic heterocycles. The number of hydrogen-bond donors (Lipinski definition) is 0. The Morgan fingerprint density at radius 3 is 2.44 bits per heavy atom. The smallest absolute Gasteiger partial charge is 0.266 e. The molecule has 0 unspecified atom stereocenters. The maximum atomic E-state index is 13.6. The maximum absolute atomic E-state index is 13.6. The van der Waals surface area contributed by atoms with Gasteiger partial charge in [0, 0.05) is 3.57 Å². The molecule has 156 valence electrons. The minimum Gasteiger partial charge on any atom is -0.497 e. The van der Waals surface area contributed by atoms with Crippen LogP contribution in [0.25, 0.3) is 39.5 Å². The Bertz CT molecular complexity index is 1540. The normalized spacial score (nSPS) is 11.4. The largest absolute Gasteiger partial charge is 0.497 e. The topological polar surface area (TPSA) is 44.1 Å². The van der Waals surface area contributed by atoms with Crippen molar-refractivity contribution in [1.29, 1.82) is 0 Å². The Morgan fingerprint density at radius 2 is 1.66 bits per heavy atom. The molecule has 1 aromatic heterocycles. The summed E-state index contributed by atoms with van der Waals surface area (Å²) >= 11 is 2.22. The molecule has 0 radical (unpaired) electrons. The Morgan fingerprint density at radius 1 is 0.875 bits per heavy atom. The van der Waals surface area contributed by atoms with E-state index in [-0.39, 0.29) is 5.56 Å². The molecule has 32 heavy (non-hydrogen) atoms. The molecule has 0 bridgehead atoms. The molecule has 0 saturated carbocycles. The fourth-order valence-electron chi connectivity index (χ4n) is 3.74. The molecule has 0 atom stereocenters. The van der Waals surface area contributed by atoms with Crippen molar-refractivity contribution in [3.05, 3.63) is 110 Å². The third-order valence-corrected chi connectivity index (χ3v) is 6.06. The molecule has 0 amide bonds. The number of fused-ring (bicyclic) bond motifs is 2. The molecular weight excluding hydrogens is 511 g/mol. The van der Waals surface area contributed by atoms with Crippen LogP contribution in [0.4, 0.5) is 0 Å². The van der Waals surface area contributed by atoms with Gasteiger partial charge < -0.3 is 4.74 Å². The number of nitrogens with zero attached hydrogens (tertiary/aromatic N) is 2. The molecule has 0 N–H and O–H groups in total. The summed E-state index contributed by atoms with van der Waals surface area (Å²) in [6.45, 7) is 0. The van der Waals surface area contributed by atoms with Crippen LogP contribution in [0.5, 0.6) is 5.75 Å². The molecule has 0 fully saturated rings. The van der Waals surface area contributed by atoms with Crippen LogP contribution in [-0.4, -0.2) is 16.7 Å². The number of halogens is 1. The second-order valence-corrected chi connectivity index (χ2v) is 8.66. The first-order valence-corrected chi connectivity index (χ1v) is 11.2. The van der Waals surface area contributed by atoms with E-state index < -0.39 is 0 Å². The summed E-state index contributed by atoms with van der Waals surface area (Å²) in [6, 6.07) is 27.7. The van der Waals surface area contributed by atoms with Gasteiger partial charge in [-0.2, -0.15) is 0 Å². The highest BCUT2D eigenvalue weighted by Gasteiger charge is 2.12. The lowest BCUT2D eigenvalue weighted by atomic mass is 10.1. The van der Waals surface area contributed by atoms with Gasteiger partial charge in [0.1, 0.15) is 11.6 Å². The Hall–Kier alpha value is -3.45. The molecule has 5 heteroatoms. The minimum absolute atomic E-state index is 0.0850. The van der Waals surface area contributed by atoms with Crippen molar-refractivity contribution in [1.82, 2.24) is 9.55 Å². The molecule has 4 nitrogen and oxygen atoms in total. The van der Waals surface area contributed by atoms with E-state index >= 15 is 0 Å². The lowest BCUT2D eigenvalue weighted by Crippen LogP contribution is -2.22.